The van der Waals surface area contributed by atoms with Gasteiger partial charge in [-0.05, 0) is 30.7 Å². The van der Waals surface area contributed by atoms with Gasteiger partial charge >= 0.3 is 11.9 Å². The van der Waals surface area contributed by atoms with Crippen LogP contribution in [0.1, 0.15) is 30.6 Å². The molecular formula is C15H19NO7S. The molecule has 0 heterocycles. The molecule has 0 spiro atoms. The molecule has 1 amide bonds. The highest BCUT2D eigenvalue weighted by molar-refractivity contribution is 7.91. The van der Waals surface area contributed by atoms with Crippen molar-refractivity contribution in [3.8, 4) is 5.75 Å². The van der Waals surface area contributed by atoms with Crippen molar-refractivity contribution < 1.29 is 32.6 Å². The lowest BCUT2D eigenvalue weighted by molar-refractivity contribution is -0.139. The van der Waals surface area contributed by atoms with Gasteiger partial charge in [0.1, 0.15) is 21.6 Å². The number of ether oxygens (including phenoxy) is 1. The zero-order valence-electron chi connectivity index (χ0n) is 13.3. The van der Waals surface area contributed by atoms with Crippen LogP contribution < -0.4 is 10.1 Å². The summed E-state index contributed by atoms with van der Waals surface area (Å²) in [5.41, 5.74) is 0.163. The smallest absolute Gasteiger partial charge is 0.326 e. The van der Waals surface area contributed by atoms with E-state index in [9.17, 15) is 22.8 Å². The fourth-order valence-electron chi connectivity index (χ4n) is 1.78. The first kappa shape index (κ1) is 19.6. The van der Waals surface area contributed by atoms with Gasteiger partial charge in [-0.3, -0.25) is 9.59 Å². The predicted octanol–water partition coefficient (Wildman–Crippen LogP) is 0.620. The van der Waals surface area contributed by atoms with Gasteiger partial charge in [-0.15, -0.1) is 0 Å². The minimum Gasteiger partial charge on any atom is -0.480 e. The first-order valence-electron chi connectivity index (χ1n) is 7.17. The summed E-state index contributed by atoms with van der Waals surface area (Å²) >= 11 is 0. The molecule has 0 radical (unpaired) electrons. The highest BCUT2D eigenvalue weighted by Crippen LogP contribution is 2.12. The molecule has 0 aliphatic rings. The number of nitrogens with one attached hydrogen (secondary N) is 1. The molecule has 1 aromatic carbocycles. The Kier molecular flexibility index (Phi) is 6.90. The molecule has 0 aliphatic heterocycles. The summed E-state index contributed by atoms with van der Waals surface area (Å²) in [5.74, 6) is -2.65. The number of hydrogen-bond donors (Lipinski definition) is 2. The average Bonchev–Trinajstić information content (AvgIpc) is 2.51. The van der Waals surface area contributed by atoms with E-state index >= 15 is 0 Å². The third kappa shape index (κ3) is 6.37. The van der Waals surface area contributed by atoms with Gasteiger partial charge in [0.25, 0.3) is 5.91 Å². The number of carbonyl (C=O) groups excluding carboxylic acids is 2. The van der Waals surface area contributed by atoms with E-state index < -0.39 is 33.7 Å². The van der Waals surface area contributed by atoms with Crippen molar-refractivity contribution >= 4 is 27.7 Å². The van der Waals surface area contributed by atoms with Crippen LogP contribution in [0.4, 0.5) is 0 Å². The minimum absolute atomic E-state index is 0.0924. The molecule has 9 heteroatoms. The van der Waals surface area contributed by atoms with Crippen LogP contribution in [0.5, 0.6) is 5.75 Å². The van der Waals surface area contributed by atoms with Crippen molar-refractivity contribution in [1.82, 2.24) is 5.32 Å². The van der Waals surface area contributed by atoms with Gasteiger partial charge in [0.15, 0.2) is 0 Å². The zero-order valence-corrected chi connectivity index (χ0v) is 14.1. The van der Waals surface area contributed by atoms with E-state index in [0.717, 1.165) is 0 Å². The Morgan fingerprint density at radius 2 is 1.79 bits per heavy atom. The van der Waals surface area contributed by atoms with Crippen molar-refractivity contribution in [3.05, 3.63) is 29.8 Å². The van der Waals surface area contributed by atoms with Crippen molar-refractivity contribution in [3.63, 3.8) is 0 Å². The molecule has 0 bridgehead atoms. The molecule has 8 nitrogen and oxygen atoms in total. The topological polar surface area (TPSA) is 127 Å². The lowest BCUT2D eigenvalue weighted by atomic mass is 10.1. The molecule has 24 heavy (non-hydrogen) atoms. The van der Waals surface area contributed by atoms with Crippen LogP contribution in [-0.4, -0.2) is 48.9 Å². The van der Waals surface area contributed by atoms with Crippen LogP contribution in [0, 0.1) is 0 Å². The fraction of sp³-hybridized carbons (Fsp3) is 0.400. The number of benzene rings is 1. The van der Waals surface area contributed by atoms with Crippen LogP contribution in [0.15, 0.2) is 24.3 Å². The first-order chi connectivity index (χ1) is 11.1. The highest BCUT2D eigenvalue weighted by atomic mass is 32.2. The Morgan fingerprint density at radius 3 is 2.25 bits per heavy atom. The van der Waals surface area contributed by atoms with Gasteiger partial charge in [-0.2, -0.15) is 0 Å². The number of sulfone groups is 1. The number of carboxylic acids is 1. The summed E-state index contributed by atoms with van der Waals surface area (Å²) in [6.07, 6.45) is -0.219. The summed E-state index contributed by atoms with van der Waals surface area (Å²) in [6, 6.07) is 4.22. The molecule has 0 fully saturated rings. The SMILES string of the molecule is CCS(=O)(=O)CCC(NC(=O)c1ccc(OC(C)=O)cc1)C(=O)O. The lowest BCUT2D eigenvalue weighted by Crippen LogP contribution is -2.42. The van der Waals surface area contributed by atoms with Crippen LogP contribution in [-0.2, 0) is 19.4 Å². The molecule has 132 valence electrons. The second-order valence-electron chi connectivity index (χ2n) is 5.01. The molecule has 2 N–H and O–H groups in total. The Bertz CT molecular complexity index is 710. The van der Waals surface area contributed by atoms with E-state index in [4.69, 9.17) is 9.84 Å². The standard InChI is InChI=1S/C15H19NO7S/c1-3-24(21,22)9-8-13(15(19)20)16-14(18)11-4-6-12(7-5-11)23-10(2)17/h4-7,13H,3,8-9H2,1-2H3,(H,16,18)(H,19,20). The number of aliphatic carboxylic acids is 1. The van der Waals surface area contributed by atoms with Gasteiger partial charge < -0.3 is 15.2 Å². The van der Waals surface area contributed by atoms with Gasteiger partial charge in [0.05, 0.1) is 5.75 Å². The molecule has 0 saturated heterocycles. The number of carboxylic acid groups (broad SMARTS) is 1. The first-order valence-corrected chi connectivity index (χ1v) is 8.99. The van der Waals surface area contributed by atoms with E-state index in [1.165, 1.54) is 38.1 Å². The number of rotatable bonds is 8. The Labute approximate surface area is 139 Å². The summed E-state index contributed by atoms with van der Waals surface area (Å²) in [5, 5.41) is 11.4. The Hall–Kier alpha value is -2.42. The second kappa shape index (κ2) is 8.44. The van der Waals surface area contributed by atoms with E-state index in [1.807, 2.05) is 0 Å². The van der Waals surface area contributed by atoms with Crippen LogP contribution >= 0.6 is 0 Å². The Balaban J connectivity index is 2.74. The molecule has 1 aromatic rings. The normalized spacial score (nSPS) is 12.2. The fourth-order valence-corrected chi connectivity index (χ4v) is 2.66. The zero-order chi connectivity index (χ0) is 18.3. The molecule has 1 unspecified atom stereocenters. The minimum atomic E-state index is -3.33. The van der Waals surface area contributed by atoms with E-state index in [-0.39, 0.29) is 29.2 Å². The quantitative estimate of drug-likeness (QED) is 0.516. The van der Waals surface area contributed by atoms with Crippen molar-refractivity contribution in [2.45, 2.75) is 26.3 Å². The summed E-state index contributed by atoms with van der Waals surface area (Å²) < 4.78 is 27.7. The van der Waals surface area contributed by atoms with Crippen molar-refractivity contribution in [2.24, 2.45) is 0 Å². The van der Waals surface area contributed by atoms with Gasteiger partial charge in [-0.1, -0.05) is 6.92 Å². The summed E-state index contributed by atoms with van der Waals surface area (Å²) in [6.45, 7) is 2.71. The largest absolute Gasteiger partial charge is 0.480 e. The van der Waals surface area contributed by atoms with E-state index in [1.54, 1.807) is 0 Å². The van der Waals surface area contributed by atoms with Gasteiger partial charge in [0, 0.05) is 18.2 Å². The number of amides is 1. The van der Waals surface area contributed by atoms with Crippen LogP contribution in [0.25, 0.3) is 0 Å². The molecular weight excluding hydrogens is 338 g/mol. The Morgan fingerprint density at radius 1 is 1.21 bits per heavy atom. The highest BCUT2D eigenvalue weighted by Gasteiger charge is 2.23. The monoisotopic (exact) mass is 357 g/mol. The van der Waals surface area contributed by atoms with E-state index in [0.29, 0.717) is 0 Å². The maximum Gasteiger partial charge on any atom is 0.326 e. The van der Waals surface area contributed by atoms with E-state index in [2.05, 4.69) is 5.32 Å². The summed E-state index contributed by atoms with van der Waals surface area (Å²) in [7, 11) is -3.33. The van der Waals surface area contributed by atoms with Gasteiger partial charge in [-0.25, -0.2) is 13.2 Å². The molecule has 1 rings (SSSR count). The molecule has 1 atom stereocenters. The number of esters is 1. The maximum absolute atomic E-state index is 12.1. The maximum atomic E-state index is 12.1. The average molecular weight is 357 g/mol. The van der Waals surface area contributed by atoms with Gasteiger partial charge in [0.2, 0.25) is 0 Å². The van der Waals surface area contributed by atoms with Crippen molar-refractivity contribution in [2.75, 3.05) is 11.5 Å². The van der Waals surface area contributed by atoms with Crippen molar-refractivity contribution in [1.29, 1.82) is 0 Å². The molecule has 0 saturated carbocycles. The third-order valence-electron chi connectivity index (χ3n) is 3.14. The number of hydrogen-bond acceptors (Lipinski definition) is 6. The van der Waals surface area contributed by atoms with Crippen LogP contribution in [0.3, 0.4) is 0 Å². The van der Waals surface area contributed by atoms with Crippen LogP contribution in [0.2, 0.25) is 0 Å². The third-order valence-corrected chi connectivity index (χ3v) is 4.88. The molecule has 0 aliphatic carbocycles. The predicted molar refractivity (Wildman–Crippen MR) is 85.6 cm³/mol. The summed E-state index contributed by atoms with van der Waals surface area (Å²) in [4.78, 5) is 34.0. The lowest BCUT2D eigenvalue weighted by Gasteiger charge is -2.14. The molecule has 0 aromatic heterocycles. The number of carbonyl (C=O) groups is 3. The second-order valence-corrected chi connectivity index (χ2v) is 7.48.